The van der Waals surface area contributed by atoms with E-state index in [4.69, 9.17) is 4.99 Å². The van der Waals surface area contributed by atoms with Crippen molar-refractivity contribution in [1.82, 2.24) is 19.7 Å². The maximum Gasteiger partial charge on any atom is 0.255 e. The van der Waals surface area contributed by atoms with Gasteiger partial charge >= 0.3 is 0 Å². The summed E-state index contributed by atoms with van der Waals surface area (Å²) in [6, 6.07) is 17.5. The molecular formula is C34H40BN5O2. The largest absolute Gasteiger partial charge is 0.343 e. The molecule has 2 amide bonds. The van der Waals surface area contributed by atoms with Crippen LogP contribution >= 0.6 is 0 Å². The molecule has 0 radical (unpaired) electrons. The predicted octanol–water partition coefficient (Wildman–Crippen LogP) is 4.56. The van der Waals surface area contributed by atoms with Crippen LogP contribution in [0.1, 0.15) is 51.5 Å². The maximum absolute atomic E-state index is 14.2. The lowest BCUT2D eigenvalue weighted by Gasteiger charge is -2.38. The Bertz CT molecular complexity index is 1520. The summed E-state index contributed by atoms with van der Waals surface area (Å²) >= 11 is 0. The van der Waals surface area contributed by atoms with Crippen molar-refractivity contribution in [1.29, 1.82) is 0 Å². The number of aliphatic imine (C=N–C) groups is 1. The molecule has 1 saturated carbocycles. The van der Waals surface area contributed by atoms with Crippen LogP contribution < -0.4 is 0 Å². The zero-order chi connectivity index (χ0) is 28.8. The van der Waals surface area contributed by atoms with Crippen molar-refractivity contribution in [3.8, 4) is 11.1 Å². The van der Waals surface area contributed by atoms with Gasteiger partial charge in [0.1, 0.15) is 11.4 Å². The van der Waals surface area contributed by atoms with Gasteiger partial charge in [-0.1, -0.05) is 36.4 Å². The first kappa shape index (κ1) is 27.3. The number of piperidine rings is 1. The number of amides is 2. The van der Waals surface area contributed by atoms with Crippen LogP contribution in [-0.2, 0) is 9.59 Å². The van der Waals surface area contributed by atoms with Gasteiger partial charge in [-0.25, -0.2) is 0 Å². The summed E-state index contributed by atoms with van der Waals surface area (Å²) in [5.74, 6) is 2.03. The lowest BCUT2D eigenvalue weighted by Crippen LogP contribution is -2.52. The molecule has 4 heterocycles. The third-order valence-corrected chi connectivity index (χ3v) is 9.98. The van der Waals surface area contributed by atoms with Gasteiger partial charge in [-0.15, -0.1) is 0 Å². The molecule has 7 nitrogen and oxygen atoms in total. The molecule has 2 aromatic carbocycles. The smallest absolute Gasteiger partial charge is 0.255 e. The number of rotatable bonds is 7. The standard InChI is InChI=1S/C34H40BN5O2/c1-23(2)38-17-13-34(14-18-38)33(42)40(22-35-30-12-16-39(21-30)32(41)26-7-8-26)31(37-34)25-5-3-24(4-6-25)27-9-10-29-20-36-15-11-28(29)19-27/h3-6,9-11,15,19-20,23,26,30,35H,7-8,12-14,16-18,21-22H2,1-2H3. The van der Waals surface area contributed by atoms with E-state index in [1.165, 1.54) is 5.39 Å². The molecule has 0 N–H and O–H groups in total. The number of carbonyl (C=O) groups excluding carboxylic acids is 2. The molecule has 42 heavy (non-hydrogen) atoms. The van der Waals surface area contributed by atoms with Crippen molar-refractivity contribution < 1.29 is 9.59 Å². The van der Waals surface area contributed by atoms with E-state index in [1.54, 1.807) is 0 Å². The Balaban J connectivity index is 1.12. The number of hydrogen-bond acceptors (Lipinski definition) is 5. The van der Waals surface area contributed by atoms with Crippen LogP contribution in [0.5, 0.6) is 0 Å². The van der Waals surface area contributed by atoms with Crippen LogP contribution in [-0.4, -0.2) is 88.8 Å². The maximum atomic E-state index is 14.2. The minimum atomic E-state index is -0.657. The summed E-state index contributed by atoms with van der Waals surface area (Å²) in [5.41, 5.74) is 2.64. The number of benzene rings is 2. The quantitative estimate of drug-likeness (QED) is 0.397. The number of likely N-dealkylation sites (tertiary alicyclic amines) is 2. The normalized spacial score (nSPS) is 22.4. The first-order valence-electron chi connectivity index (χ1n) is 15.8. The summed E-state index contributed by atoms with van der Waals surface area (Å²) in [6.45, 7) is 7.92. The Morgan fingerprint density at radius 2 is 1.69 bits per heavy atom. The van der Waals surface area contributed by atoms with Gasteiger partial charge in [0.05, 0.1) is 0 Å². The molecule has 1 spiro atoms. The summed E-state index contributed by atoms with van der Waals surface area (Å²) in [6.07, 6.45) is 9.03. The number of pyridine rings is 1. The molecule has 3 aliphatic heterocycles. The molecule has 1 unspecified atom stereocenters. The van der Waals surface area contributed by atoms with Crippen LogP contribution in [0.4, 0.5) is 0 Å². The molecule has 4 aliphatic rings. The number of fused-ring (bicyclic) bond motifs is 1. The average Bonchev–Trinajstić information content (AvgIpc) is 3.71. The van der Waals surface area contributed by atoms with Gasteiger partial charge in [0.25, 0.3) is 5.91 Å². The van der Waals surface area contributed by atoms with Gasteiger partial charge < -0.3 is 14.7 Å². The van der Waals surface area contributed by atoms with E-state index in [1.807, 2.05) is 23.4 Å². The Kier molecular flexibility index (Phi) is 7.13. The molecular weight excluding hydrogens is 521 g/mol. The Morgan fingerprint density at radius 1 is 0.952 bits per heavy atom. The number of nitrogens with zero attached hydrogens (tertiary/aromatic N) is 5. The van der Waals surface area contributed by atoms with E-state index in [0.29, 0.717) is 24.2 Å². The Morgan fingerprint density at radius 3 is 2.43 bits per heavy atom. The molecule has 8 heteroatoms. The molecule has 1 aliphatic carbocycles. The fourth-order valence-corrected chi connectivity index (χ4v) is 7.07. The van der Waals surface area contributed by atoms with E-state index < -0.39 is 5.54 Å². The lowest BCUT2D eigenvalue weighted by atomic mass is 9.63. The first-order chi connectivity index (χ1) is 20.4. The second-order valence-electron chi connectivity index (χ2n) is 13.1. The highest BCUT2D eigenvalue weighted by molar-refractivity contribution is 6.40. The predicted molar refractivity (Wildman–Crippen MR) is 169 cm³/mol. The van der Waals surface area contributed by atoms with Crippen LogP contribution in [0.3, 0.4) is 0 Å². The van der Waals surface area contributed by atoms with Gasteiger partial charge in [-0.05, 0) is 80.4 Å². The topological polar surface area (TPSA) is 69.1 Å². The molecule has 1 aromatic heterocycles. The first-order valence-corrected chi connectivity index (χ1v) is 15.8. The van der Waals surface area contributed by atoms with E-state index in [0.717, 1.165) is 93.5 Å². The molecule has 0 bridgehead atoms. The van der Waals surface area contributed by atoms with Crippen LogP contribution in [0.25, 0.3) is 21.9 Å². The highest BCUT2D eigenvalue weighted by Gasteiger charge is 2.50. The summed E-state index contributed by atoms with van der Waals surface area (Å²) in [4.78, 5) is 42.8. The lowest BCUT2D eigenvalue weighted by molar-refractivity contribution is -0.132. The number of amidine groups is 1. The monoisotopic (exact) mass is 561 g/mol. The van der Waals surface area contributed by atoms with Crippen molar-refractivity contribution in [2.45, 2.75) is 63.3 Å². The minimum Gasteiger partial charge on any atom is -0.343 e. The number of carbonyl (C=O) groups is 2. The van der Waals surface area contributed by atoms with Crippen molar-refractivity contribution in [2.24, 2.45) is 10.9 Å². The van der Waals surface area contributed by atoms with E-state index in [9.17, 15) is 9.59 Å². The van der Waals surface area contributed by atoms with Gasteiger partial charge in [0.2, 0.25) is 5.91 Å². The molecule has 2 saturated heterocycles. The van der Waals surface area contributed by atoms with Crippen molar-refractivity contribution >= 4 is 35.7 Å². The van der Waals surface area contributed by atoms with Gasteiger partial charge in [-0.2, -0.15) is 0 Å². The van der Waals surface area contributed by atoms with Crippen LogP contribution in [0.15, 0.2) is 65.9 Å². The molecule has 3 aromatic rings. The Hall–Kier alpha value is -3.52. The SMILES string of the molecule is CC(C)N1CCC2(CC1)N=C(c1ccc(-c3ccc4cnccc4c3)cc1)N(CBC1CCN(C(=O)C3CC3)C1)C2=O. The van der Waals surface area contributed by atoms with Crippen LogP contribution in [0.2, 0.25) is 5.82 Å². The second kappa shape index (κ2) is 11.0. The molecule has 7 rings (SSSR count). The highest BCUT2D eigenvalue weighted by atomic mass is 16.2. The zero-order valence-electron chi connectivity index (χ0n) is 24.8. The number of aromatic nitrogens is 1. The molecule has 216 valence electrons. The van der Waals surface area contributed by atoms with Gasteiger partial charge in [0, 0.05) is 67.9 Å². The van der Waals surface area contributed by atoms with E-state index in [2.05, 4.69) is 71.1 Å². The molecule has 3 fully saturated rings. The van der Waals surface area contributed by atoms with Gasteiger partial charge in [-0.3, -0.25) is 19.6 Å². The Labute approximate surface area is 249 Å². The summed E-state index contributed by atoms with van der Waals surface area (Å²) in [7, 11) is 0.900. The van der Waals surface area contributed by atoms with E-state index in [-0.39, 0.29) is 11.8 Å². The van der Waals surface area contributed by atoms with E-state index >= 15 is 0 Å². The fraction of sp³-hybridized carbons (Fsp3) is 0.471. The summed E-state index contributed by atoms with van der Waals surface area (Å²) < 4.78 is 0. The summed E-state index contributed by atoms with van der Waals surface area (Å²) in [5, 5.41) is 2.30. The average molecular weight is 562 g/mol. The third-order valence-electron chi connectivity index (χ3n) is 9.98. The highest BCUT2D eigenvalue weighted by Crippen LogP contribution is 2.37. The third kappa shape index (κ3) is 5.15. The minimum absolute atomic E-state index is 0.164. The van der Waals surface area contributed by atoms with Crippen molar-refractivity contribution in [2.75, 3.05) is 32.6 Å². The van der Waals surface area contributed by atoms with Crippen molar-refractivity contribution in [3.05, 3.63) is 66.5 Å². The fourth-order valence-electron chi connectivity index (χ4n) is 7.07. The number of hydrogen-bond donors (Lipinski definition) is 0. The molecule has 1 atom stereocenters. The van der Waals surface area contributed by atoms with Gasteiger partial charge in [0.15, 0.2) is 7.28 Å². The zero-order valence-corrected chi connectivity index (χ0v) is 24.8. The van der Waals surface area contributed by atoms with Crippen LogP contribution in [0, 0.1) is 5.92 Å². The van der Waals surface area contributed by atoms with Crippen molar-refractivity contribution in [3.63, 3.8) is 0 Å². The second-order valence-corrected chi connectivity index (χ2v) is 13.1.